The van der Waals surface area contributed by atoms with Crippen LogP contribution in [0.5, 0.6) is 0 Å². The molecule has 2 aliphatic rings. The molecule has 3 aromatic rings. The van der Waals surface area contributed by atoms with Crippen molar-refractivity contribution in [3.63, 3.8) is 0 Å². The molecule has 0 saturated carbocycles. The van der Waals surface area contributed by atoms with Crippen LogP contribution in [0.1, 0.15) is 61.9 Å². The highest BCUT2D eigenvalue weighted by Crippen LogP contribution is 2.43. The lowest BCUT2D eigenvalue weighted by Crippen LogP contribution is -2.52. The second kappa shape index (κ2) is 9.35. The lowest BCUT2D eigenvalue weighted by Gasteiger charge is -2.44. The first kappa shape index (κ1) is 23.9. The first-order valence-corrected chi connectivity index (χ1v) is 13.7. The Morgan fingerprint density at radius 2 is 1.69 bits per heavy atom. The number of aromatic nitrogens is 3. The Balaban J connectivity index is 1.33. The number of hydrogen-bond acceptors (Lipinski definition) is 5. The Kier molecular flexibility index (Phi) is 6.40. The quantitative estimate of drug-likeness (QED) is 0.511. The van der Waals surface area contributed by atoms with E-state index in [1.165, 1.54) is 4.31 Å². The number of rotatable bonds is 5. The van der Waals surface area contributed by atoms with Crippen LogP contribution in [-0.4, -0.2) is 46.1 Å². The van der Waals surface area contributed by atoms with Gasteiger partial charge in [0.2, 0.25) is 10.0 Å². The van der Waals surface area contributed by atoms with Crippen molar-refractivity contribution in [3.05, 3.63) is 78.1 Å². The van der Waals surface area contributed by atoms with Gasteiger partial charge in [0.25, 0.3) is 0 Å². The lowest BCUT2D eigenvalue weighted by atomic mass is 9.94. The summed E-state index contributed by atoms with van der Waals surface area (Å²) in [6, 6.07) is 14.9. The summed E-state index contributed by atoms with van der Waals surface area (Å²) in [5, 5.41) is 7.17. The van der Waals surface area contributed by atoms with Crippen LogP contribution in [0.2, 0.25) is 0 Å². The fraction of sp³-hybridized carbons (Fsp3) is 0.462. The van der Waals surface area contributed by atoms with Gasteiger partial charge in [-0.05, 0) is 57.2 Å². The van der Waals surface area contributed by atoms with E-state index in [1.54, 1.807) is 24.8 Å². The van der Waals surface area contributed by atoms with E-state index in [2.05, 4.69) is 15.1 Å². The minimum absolute atomic E-state index is 0.0283. The standard InChI is InChI=1S/C26H32FN5O2S/c1-26(2)13-10-25(20-6-4-3-5-7-20)35(33,34)32(26)17-21-8-9-23(16-24(21)27)30-14-11-22(12-15-30)31-18-28-29-19-31/h3-9,16,18-19,22,25H,10-15,17H2,1-2H3/t25-/m1/s1. The second-order valence-corrected chi connectivity index (χ2v) is 12.2. The van der Waals surface area contributed by atoms with Crippen LogP contribution in [0.3, 0.4) is 0 Å². The molecule has 0 radical (unpaired) electrons. The van der Waals surface area contributed by atoms with E-state index < -0.39 is 20.8 Å². The molecule has 1 atom stereocenters. The van der Waals surface area contributed by atoms with Gasteiger partial charge in [-0.2, -0.15) is 4.31 Å². The SMILES string of the molecule is CC1(C)CC[C@H](c2ccccc2)S(=O)(=O)N1Cc1ccc(N2CCC(n3cnnc3)CC2)cc1F. The number of benzene rings is 2. The third kappa shape index (κ3) is 4.71. The number of sulfonamides is 1. The third-order valence-corrected chi connectivity index (χ3v) is 10.0. The molecule has 2 fully saturated rings. The summed E-state index contributed by atoms with van der Waals surface area (Å²) in [6.07, 6.45) is 6.63. The van der Waals surface area contributed by atoms with Gasteiger partial charge >= 0.3 is 0 Å². The van der Waals surface area contributed by atoms with Crippen LogP contribution < -0.4 is 4.90 Å². The van der Waals surface area contributed by atoms with Gasteiger partial charge in [-0.25, -0.2) is 12.8 Å². The van der Waals surface area contributed by atoms with Crippen LogP contribution in [0.25, 0.3) is 0 Å². The molecule has 0 spiro atoms. The van der Waals surface area contributed by atoms with Crippen molar-refractivity contribution >= 4 is 15.7 Å². The molecule has 3 heterocycles. The Morgan fingerprint density at radius 3 is 2.34 bits per heavy atom. The predicted molar refractivity (Wildman–Crippen MR) is 134 cm³/mol. The van der Waals surface area contributed by atoms with E-state index in [1.807, 2.05) is 54.8 Å². The Bertz CT molecular complexity index is 1260. The molecular formula is C26H32FN5O2S. The fourth-order valence-corrected chi connectivity index (χ4v) is 7.72. The zero-order valence-electron chi connectivity index (χ0n) is 20.2. The number of halogens is 1. The van der Waals surface area contributed by atoms with Gasteiger partial charge < -0.3 is 9.47 Å². The van der Waals surface area contributed by atoms with Crippen molar-refractivity contribution in [2.24, 2.45) is 0 Å². The normalized spacial score (nSPS) is 22.8. The van der Waals surface area contributed by atoms with Crippen LogP contribution in [0.15, 0.2) is 61.2 Å². The molecule has 5 rings (SSSR count). The van der Waals surface area contributed by atoms with Gasteiger partial charge in [0.1, 0.15) is 23.7 Å². The molecule has 0 amide bonds. The summed E-state index contributed by atoms with van der Waals surface area (Å²) in [5.41, 5.74) is 1.44. The molecule has 0 unspecified atom stereocenters. The minimum atomic E-state index is -3.65. The highest BCUT2D eigenvalue weighted by Gasteiger charge is 2.46. The van der Waals surface area contributed by atoms with Gasteiger partial charge in [-0.1, -0.05) is 36.4 Å². The lowest BCUT2D eigenvalue weighted by molar-refractivity contribution is 0.179. The van der Waals surface area contributed by atoms with Gasteiger partial charge in [0.05, 0.1) is 0 Å². The molecule has 0 aliphatic carbocycles. The summed E-state index contributed by atoms with van der Waals surface area (Å²) in [7, 11) is -3.65. The van der Waals surface area contributed by atoms with E-state index in [9.17, 15) is 8.42 Å². The molecule has 2 aromatic carbocycles. The predicted octanol–water partition coefficient (Wildman–Crippen LogP) is 4.70. The van der Waals surface area contributed by atoms with E-state index in [0.717, 1.165) is 37.2 Å². The fourth-order valence-electron chi connectivity index (χ4n) is 5.40. The van der Waals surface area contributed by atoms with Crippen molar-refractivity contribution < 1.29 is 12.8 Å². The maximum Gasteiger partial charge on any atom is 0.221 e. The highest BCUT2D eigenvalue weighted by atomic mass is 32.2. The van der Waals surface area contributed by atoms with Crippen LogP contribution in [0, 0.1) is 5.82 Å². The van der Waals surface area contributed by atoms with E-state index in [0.29, 0.717) is 24.4 Å². The number of anilines is 1. The highest BCUT2D eigenvalue weighted by molar-refractivity contribution is 7.89. The Labute approximate surface area is 206 Å². The van der Waals surface area contributed by atoms with E-state index >= 15 is 4.39 Å². The first-order chi connectivity index (χ1) is 16.8. The molecule has 186 valence electrons. The summed E-state index contributed by atoms with van der Waals surface area (Å²) in [6.45, 7) is 5.51. The van der Waals surface area contributed by atoms with Crippen LogP contribution in [0.4, 0.5) is 10.1 Å². The molecule has 35 heavy (non-hydrogen) atoms. The van der Waals surface area contributed by atoms with Crippen LogP contribution >= 0.6 is 0 Å². The molecule has 2 saturated heterocycles. The van der Waals surface area contributed by atoms with E-state index in [-0.39, 0.29) is 12.4 Å². The smallest absolute Gasteiger partial charge is 0.221 e. The number of nitrogens with zero attached hydrogens (tertiary/aromatic N) is 5. The molecule has 1 aromatic heterocycles. The topological polar surface area (TPSA) is 71.3 Å². The van der Waals surface area contributed by atoms with Crippen LogP contribution in [-0.2, 0) is 16.6 Å². The maximum atomic E-state index is 15.3. The average Bonchev–Trinajstić information content (AvgIpc) is 3.38. The summed E-state index contributed by atoms with van der Waals surface area (Å²) < 4.78 is 46.2. The van der Waals surface area contributed by atoms with Gasteiger partial charge in [0.15, 0.2) is 0 Å². The van der Waals surface area contributed by atoms with Crippen molar-refractivity contribution in [2.45, 2.75) is 62.9 Å². The Morgan fingerprint density at radius 1 is 1.00 bits per heavy atom. The van der Waals surface area contributed by atoms with E-state index in [4.69, 9.17) is 0 Å². The summed E-state index contributed by atoms with van der Waals surface area (Å²) in [5.74, 6) is -0.365. The van der Waals surface area contributed by atoms with Gasteiger partial charge in [-0.15, -0.1) is 10.2 Å². The number of hydrogen-bond donors (Lipinski definition) is 0. The van der Waals surface area contributed by atoms with Crippen molar-refractivity contribution in [3.8, 4) is 0 Å². The zero-order chi connectivity index (χ0) is 24.6. The van der Waals surface area contributed by atoms with Gasteiger partial charge in [0, 0.05) is 42.5 Å². The average molecular weight is 498 g/mol. The molecule has 0 bridgehead atoms. The maximum absolute atomic E-state index is 15.3. The van der Waals surface area contributed by atoms with Crippen molar-refractivity contribution in [2.75, 3.05) is 18.0 Å². The molecule has 2 aliphatic heterocycles. The summed E-state index contributed by atoms with van der Waals surface area (Å²) >= 11 is 0. The largest absolute Gasteiger partial charge is 0.371 e. The third-order valence-electron chi connectivity index (χ3n) is 7.57. The second-order valence-electron chi connectivity index (χ2n) is 10.2. The first-order valence-electron chi connectivity index (χ1n) is 12.2. The zero-order valence-corrected chi connectivity index (χ0v) is 21.0. The van der Waals surface area contributed by atoms with Crippen molar-refractivity contribution in [1.29, 1.82) is 0 Å². The minimum Gasteiger partial charge on any atom is -0.371 e. The molecule has 0 N–H and O–H groups in total. The Hall–Kier alpha value is -2.78. The number of piperidine rings is 1. The van der Waals surface area contributed by atoms with Gasteiger partial charge in [-0.3, -0.25) is 0 Å². The van der Waals surface area contributed by atoms with Crippen molar-refractivity contribution in [1.82, 2.24) is 19.1 Å². The molecule has 7 nitrogen and oxygen atoms in total. The monoisotopic (exact) mass is 497 g/mol. The molecular weight excluding hydrogens is 465 g/mol. The molecule has 9 heteroatoms. The summed E-state index contributed by atoms with van der Waals surface area (Å²) in [4.78, 5) is 2.18.